The van der Waals surface area contributed by atoms with E-state index in [9.17, 15) is 4.79 Å². The number of benzene rings is 1. The number of ether oxygens (including phenoxy) is 1. The molecule has 2 atom stereocenters. The van der Waals surface area contributed by atoms with Gasteiger partial charge in [0.15, 0.2) is 0 Å². The molecule has 1 amide bonds. The first-order valence-corrected chi connectivity index (χ1v) is 10.7. The van der Waals surface area contributed by atoms with Crippen molar-refractivity contribution in [3.05, 3.63) is 34.9 Å². The van der Waals surface area contributed by atoms with Crippen LogP contribution in [0.3, 0.4) is 0 Å². The summed E-state index contributed by atoms with van der Waals surface area (Å²) in [5, 5.41) is 0.783. The molecule has 1 aromatic carbocycles. The predicted octanol–water partition coefficient (Wildman–Crippen LogP) is 5.73. The monoisotopic (exact) mass is 394 g/mol. The lowest BCUT2D eigenvalue weighted by molar-refractivity contribution is 0.0186. The van der Waals surface area contributed by atoms with Crippen LogP contribution in [0, 0.1) is 0 Å². The predicted molar refractivity (Wildman–Crippen MR) is 112 cm³/mol. The molecule has 0 aliphatic carbocycles. The molecule has 0 saturated carbocycles. The zero-order valence-corrected chi connectivity index (χ0v) is 18.3. The molecule has 5 heteroatoms. The van der Waals surface area contributed by atoms with Crippen molar-refractivity contribution in [2.75, 3.05) is 13.1 Å². The summed E-state index contributed by atoms with van der Waals surface area (Å²) in [6, 6.07) is 8.77. The van der Waals surface area contributed by atoms with Crippen molar-refractivity contribution in [2.45, 2.75) is 84.5 Å². The van der Waals surface area contributed by atoms with Crippen molar-refractivity contribution in [2.24, 2.45) is 0 Å². The van der Waals surface area contributed by atoms with Gasteiger partial charge in [0.1, 0.15) is 5.60 Å². The van der Waals surface area contributed by atoms with E-state index in [1.54, 1.807) is 0 Å². The number of likely N-dealkylation sites (tertiary alicyclic amines) is 2. The highest BCUT2D eigenvalue weighted by Crippen LogP contribution is 2.32. The number of hydrogen-bond donors (Lipinski definition) is 0. The van der Waals surface area contributed by atoms with Crippen LogP contribution in [0.5, 0.6) is 0 Å². The quantitative estimate of drug-likeness (QED) is 0.642. The van der Waals surface area contributed by atoms with Gasteiger partial charge in [0.2, 0.25) is 0 Å². The Labute approximate surface area is 169 Å². The molecule has 2 aliphatic heterocycles. The molecular weight excluding hydrogens is 360 g/mol. The van der Waals surface area contributed by atoms with Crippen molar-refractivity contribution in [3.63, 3.8) is 0 Å². The molecule has 0 radical (unpaired) electrons. The third kappa shape index (κ3) is 6.11. The van der Waals surface area contributed by atoms with E-state index in [1.807, 2.05) is 57.7 Å². The van der Waals surface area contributed by atoms with E-state index >= 15 is 0 Å². The van der Waals surface area contributed by atoms with Gasteiger partial charge in [-0.1, -0.05) is 44.0 Å². The number of rotatable bonds is 2. The molecule has 27 heavy (non-hydrogen) atoms. The fourth-order valence-corrected chi connectivity index (χ4v) is 4.27. The first-order valence-electron chi connectivity index (χ1n) is 10.3. The minimum absolute atomic E-state index is 0.162. The second-order valence-corrected chi connectivity index (χ2v) is 8.63. The molecule has 2 heterocycles. The van der Waals surface area contributed by atoms with Gasteiger partial charge in [-0.25, -0.2) is 4.79 Å². The maximum atomic E-state index is 12.6. The Morgan fingerprint density at radius 2 is 1.89 bits per heavy atom. The normalized spacial score (nSPS) is 23.1. The van der Waals surface area contributed by atoms with Gasteiger partial charge in [0.05, 0.1) is 6.04 Å². The largest absolute Gasteiger partial charge is 0.444 e. The van der Waals surface area contributed by atoms with Crippen molar-refractivity contribution < 1.29 is 9.53 Å². The standard InChI is InChI=1S/C20H29ClN2O2.C2H6/c1-20(2,3)25-19(24)23-12-10-17-18(23)9-4-5-11-22(17)14-15-7-6-8-16(21)13-15;1-2/h6-8,13,17-18H,4-5,9-12,14H2,1-3H3;1-2H3. The lowest BCUT2D eigenvalue weighted by atomic mass is 10.0. The highest BCUT2D eigenvalue weighted by atomic mass is 35.5. The van der Waals surface area contributed by atoms with Gasteiger partial charge >= 0.3 is 6.09 Å². The number of halogens is 1. The van der Waals surface area contributed by atoms with Gasteiger partial charge in [-0.05, 0) is 64.3 Å². The van der Waals surface area contributed by atoms with Gasteiger partial charge in [-0.3, -0.25) is 4.90 Å². The molecule has 2 aliphatic rings. The van der Waals surface area contributed by atoms with E-state index in [-0.39, 0.29) is 12.1 Å². The topological polar surface area (TPSA) is 32.8 Å². The average molecular weight is 395 g/mol. The zero-order valence-electron chi connectivity index (χ0n) is 17.5. The van der Waals surface area contributed by atoms with E-state index in [4.69, 9.17) is 16.3 Å². The molecular formula is C22H35ClN2O2. The molecule has 152 valence electrons. The summed E-state index contributed by atoms with van der Waals surface area (Å²) >= 11 is 6.14. The van der Waals surface area contributed by atoms with Crippen LogP contribution in [0.2, 0.25) is 5.02 Å². The van der Waals surface area contributed by atoms with Gasteiger partial charge in [-0.2, -0.15) is 0 Å². The average Bonchev–Trinajstić information content (AvgIpc) is 2.93. The summed E-state index contributed by atoms with van der Waals surface area (Å²) in [7, 11) is 0. The smallest absolute Gasteiger partial charge is 0.410 e. The highest BCUT2D eigenvalue weighted by Gasteiger charge is 2.42. The number of fused-ring (bicyclic) bond motifs is 1. The summed E-state index contributed by atoms with van der Waals surface area (Å²) in [4.78, 5) is 17.1. The Bertz CT molecular complexity index is 615. The van der Waals surface area contributed by atoms with Crippen LogP contribution in [-0.4, -0.2) is 46.7 Å². The Morgan fingerprint density at radius 3 is 2.56 bits per heavy atom. The first-order chi connectivity index (χ1) is 12.8. The van der Waals surface area contributed by atoms with Crippen LogP contribution in [0.4, 0.5) is 4.79 Å². The van der Waals surface area contributed by atoms with Gasteiger partial charge in [0, 0.05) is 24.2 Å². The van der Waals surface area contributed by atoms with Crippen molar-refractivity contribution >= 4 is 17.7 Å². The molecule has 1 aromatic rings. The third-order valence-corrected chi connectivity index (χ3v) is 5.31. The van der Waals surface area contributed by atoms with Crippen LogP contribution in [-0.2, 0) is 11.3 Å². The van der Waals surface area contributed by atoms with Crippen molar-refractivity contribution in [1.82, 2.24) is 9.80 Å². The second kappa shape index (κ2) is 9.79. The molecule has 0 bridgehead atoms. The minimum atomic E-state index is -0.444. The number of nitrogens with zero attached hydrogens (tertiary/aromatic N) is 2. The summed E-state index contributed by atoms with van der Waals surface area (Å²) < 4.78 is 5.63. The lowest BCUT2D eigenvalue weighted by Gasteiger charge is -2.34. The molecule has 4 nitrogen and oxygen atoms in total. The zero-order chi connectivity index (χ0) is 20.0. The van der Waals surface area contributed by atoms with E-state index in [0.29, 0.717) is 6.04 Å². The molecule has 0 spiro atoms. The van der Waals surface area contributed by atoms with Gasteiger partial charge in [-0.15, -0.1) is 0 Å². The van der Waals surface area contributed by atoms with Crippen LogP contribution in [0.25, 0.3) is 0 Å². The molecule has 0 aromatic heterocycles. The Balaban J connectivity index is 0.00000126. The number of hydrogen-bond acceptors (Lipinski definition) is 3. The lowest BCUT2D eigenvalue weighted by Crippen LogP contribution is -2.46. The Morgan fingerprint density at radius 1 is 1.15 bits per heavy atom. The van der Waals surface area contributed by atoms with Crippen LogP contribution in [0.1, 0.15) is 65.9 Å². The van der Waals surface area contributed by atoms with Crippen LogP contribution < -0.4 is 0 Å². The van der Waals surface area contributed by atoms with Crippen molar-refractivity contribution in [3.8, 4) is 0 Å². The number of carbonyl (C=O) groups is 1. The van der Waals surface area contributed by atoms with Crippen LogP contribution >= 0.6 is 11.6 Å². The van der Waals surface area contributed by atoms with Gasteiger partial charge < -0.3 is 9.64 Å². The molecule has 2 fully saturated rings. The maximum Gasteiger partial charge on any atom is 0.410 e. The Kier molecular flexibility index (Phi) is 7.99. The van der Waals surface area contributed by atoms with E-state index in [0.717, 1.165) is 43.9 Å². The molecule has 2 unspecified atom stereocenters. The third-order valence-electron chi connectivity index (χ3n) is 5.08. The first kappa shape index (κ1) is 22.0. The van der Waals surface area contributed by atoms with Crippen molar-refractivity contribution in [1.29, 1.82) is 0 Å². The summed E-state index contributed by atoms with van der Waals surface area (Å²) in [5.41, 5.74) is 0.796. The summed E-state index contributed by atoms with van der Waals surface area (Å²) in [6.07, 6.45) is 4.26. The molecule has 2 saturated heterocycles. The molecule has 0 N–H and O–H groups in total. The van der Waals surface area contributed by atoms with E-state index < -0.39 is 5.60 Å². The maximum absolute atomic E-state index is 12.6. The van der Waals surface area contributed by atoms with Crippen LogP contribution in [0.15, 0.2) is 24.3 Å². The van der Waals surface area contributed by atoms with E-state index in [1.165, 1.54) is 12.0 Å². The SMILES string of the molecule is CC.CC(C)(C)OC(=O)N1CCC2C1CCCCN2Cc1cccc(Cl)c1. The Hall–Kier alpha value is -1.26. The second-order valence-electron chi connectivity index (χ2n) is 8.19. The fraction of sp³-hybridized carbons (Fsp3) is 0.682. The summed E-state index contributed by atoms with van der Waals surface area (Å²) in [6.45, 7) is 12.5. The van der Waals surface area contributed by atoms with E-state index in [2.05, 4.69) is 11.0 Å². The number of carbonyl (C=O) groups excluding carboxylic acids is 1. The minimum Gasteiger partial charge on any atom is -0.444 e. The number of amides is 1. The van der Waals surface area contributed by atoms with Gasteiger partial charge in [0.25, 0.3) is 0 Å². The highest BCUT2D eigenvalue weighted by molar-refractivity contribution is 6.30. The molecule has 3 rings (SSSR count). The fourth-order valence-electron chi connectivity index (χ4n) is 4.06. The summed E-state index contributed by atoms with van der Waals surface area (Å²) in [5.74, 6) is 0.